The molecule has 5 heteroatoms. The second-order valence-electron chi connectivity index (χ2n) is 3.81. The van der Waals surface area contributed by atoms with Crippen LogP contribution in [0.3, 0.4) is 0 Å². The molecule has 15 heavy (non-hydrogen) atoms. The predicted molar refractivity (Wildman–Crippen MR) is 53.0 cm³/mol. The first kappa shape index (κ1) is 8.67. The van der Waals surface area contributed by atoms with Gasteiger partial charge in [-0.1, -0.05) is 5.21 Å². The van der Waals surface area contributed by atoms with Gasteiger partial charge < -0.3 is 4.42 Å². The maximum atomic E-state index is 5.29. The molecule has 1 fully saturated rings. The SMILES string of the molecule is c1coc(CN2CC(n3ccnn3)C2)c1. The molecule has 0 bridgehead atoms. The fourth-order valence-corrected chi connectivity index (χ4v) is 1.87. The zero-order valence-corrected chi connectivity index (χ0v) is 8.28. The number of hydrogen-bond acceptors (Lipinski definition) is 4. The van der Waals surface area contributed by atoms with Crippen molar-refractivity contribution in [2.45, 2.75) is 12.6 Å². The lowest BCUT2D eigenvalue weighted by atomic mass is 10.1. The Morgan fingerprint density at radius 3 is 3.07 bits per heavy atom. The van der Waals surface area contributed by atoms with Crippen LogP contribution >= 0.6 is 0 Å². The quantitative estimate of drug-likeness (QED) is 0.746. The van der Waals surface area contributed by atoms with E-state index in [1.165, 1.54) is 0 Å². The Hall–Kier alpha value is -1.62. The second-order valence-corrected chi connectivity index (χ2v) is 3.81. The highest BCUT2D eigenvalue weighted by atomic mass is 16.3. The van der Waals surface area contributed by atoms with E-state index >= 15 is 0 Å². The molecule has 3 rings (SSSR count). The first-order valence-electron chi connectivity index (χ1n) is 5.02. The maximum Gasteiger partial charge on any atom is 0.117 e. The first-order chi connectivity index (χ1) is 7.42. The molecule has 2 aromatic heterocycles. The number of nitrogens with zero attached hydrogens (tertiary/aromatic N) is 4. The molecular formula is C10H12N4O. The van der Waals surface area contributed by atoms with E-state index in [9.17, 15) is 0 Å². The fourth-order valence-electron chi connectivity index (χ4n) is 1.87. The summed E-state index contributed by atoms with van der Waals surface area (Å²) in [6.45, 7) is 2.92. The number of hydrogen-bond donors (Lipinski definition) is 0. The third kappa shape index (κ3) is 1.66. The molecule has 5 nitrogen and oxygen atoms in total. The van der Waals surface area contributed by atoms with Crippen LogP contribution in [-0.2, 0) is 6.54 Å². The summed E-state index contributed by atoms with van der Waals surface area (Å²) >= 11 is 0. The van der Waals surface area contributed by atoms with Gasteiger partial charge in [0.05, 0.1) is 25.0 Å². The van der Waals surface area contributed by atoms with E-state index in [2.05, 4.69) is 15.2 Å². The topological polar surface area (TPSA) is 47.1 Å². The molecular weight excluding hydrogens is 192 g/mol. The molecule has 0 radical (unpaired) electrons. The molecule has 0 unspecified atom stereocenters. The molecule has 0 spiro atoms. The largest absolute Gasteiger partial charge is 0.468 e. The van der Waals surface area contributed by atoms with Gasteiger partial charge in [-0.2, -0.15) is 0 Å². The Kier molecular flexibility index (Phi) is 2.03. The summed E-state index contributed by atoms with van der Waals surface area (Å²) in [5.74, 6) is 1.02. The lowest BCUT2D eigenvalue weighted by Crippen LogP contribution is -2.47. The number of likely N-dealkylation sites (tertiary alicyclic amines) is 1. The smallest absolute Gasteiger partial charge is 0.117 e. The van der Waals surface area contributed by atoms with Crippen LogP contribution in [0.5, 0.6) is 0 Å². The summed E-state index contributed by atoms with van der Waals surface area (Å²) in [5.41, 5.74) is 0. The summed E-state index contributed by atoms with van der Waals surface area (Å²) in [7, 11) is 0. The zero-order valence-electron chi connectivity index (χ0n) is 8.28. The van der Waals surface area contributed by atoms with Gasteiger partial charge in [-0.15, -0.1) is 5.10 Å². The Morgan fingerprint density at radius 1 is 1.47 bits per heavy atom. The highest BCUT2D eigenvalue weighted by Crippen LogP contribution is 2.21. The van der Waals surface area contributed by atoms with Crippen molar-refractivity contribution in [1.82, 2.24) is 19.9 Å². The summed E-state index contributed by atoms with van der Waals surface area (Å²) in [4.78, 5) is 2.32. The van der Waals surface area contributed by atoms with E-state index < -0.39 is 0 Å². The summed E-state index contributed by atoms with van der Waals surface area (Å²) in [6.07, 6.45) is 5.34. The van der Waals surface area contributed by atoms with Crippen molar-refractivity contribution in [3.8, 4) is 0 Å². The van der Waals surface area contributed by atoms with Crippen LogP contribution in [0.2, 0.25) is 0 Å². The van der Waals surface area contributed by atoms with E-state index in [4.69, 9.17) is 4.42 Å². The van der Waals surface area contributed by atoms with Crippen LogP contribution in [0.15, 0.2) is 35.2 Å². The van der Waals surface area contributed by atoms with E-state index in [1.54, 1.807) is 12.5 Å². The maximum absolute atomic E-state index is 5.29. The molecule has 0 atom stereocenters. The number of furan rings is 1. The van der Waals surface area contributed by atoms with Crippen LogP contribution < -0.4 is 0 Å². The fraction of sp³-hybridized carbons (Fsp3) is 0.400. The van der Waals surface area contributed by atoms with Gasteiger partial charge in [-0.05, 0) is 12.1 Å². The van der Waals surface area contributed by atoms with Crippen molar-refractivity contribution in [3.63, 3.8) is 0 Å². The molecule has 1 aliphatic rings. The van der Waals surface area contributed by atoms with E-state index in [0.717, 1.165) is 25.4 Å². The molecule has 0 saturated carbocycles. The molecule has 0 amide bonds. The summed E-state index contributed by atoms with van der Waals surface area (Å²) in [6, 6.07) is 4.40. The van der Waals surface area contributed by atoms with Crippen LogP contribution in [0.1, 0.15) is 11.8 Å². The van der Waals surface area contributed by atoms with Crippen molar-refractivity contribution in [1.29, 1.82) is 0 Å². The van der Waals surface area contributed by atoms with Gasteiger partial charge in [0, 0.05) is 19.3 Å². The van der Waals surface area contributed by atoms with Crippen molar-refractivity contribution >= 4 is 0 Å². The molecule has 0 aliphatic carbocycles. The van der Waals surface area contributed by atoms with Crippen LogP contribution in [0, 0.1) is 0 Å². The molecule has 2 aromatic rings. The lowest BCUT2D eigenvalue weighted by Gasteiger charge is -2.38. The molecule has 0 N–H and O–H groups in total. The van der Waals surface area contributed by atoms with E-state index in [0.29, 0.717) is 6.04 Å². The van der Waals surface area contributed by atoms with Gasteiger partial charge in [0.15, 0.2) is 0 Å². The number of aromatic nitrogens is 3. The average Bonchev–Trinajstić information content (AvgIpc) is 2.83. The van der Waals surface area contributed by atoms with Gasteiger partial charge in [0.2, 0.25) is 0 Å². The Labute approximate surface area is 87.3 Å². The first-order valence-corrected chi connectivity index (χ1v) is 5.02. The Balaban J connectivity index is 1.54. The Bertz CT molecular complexity index is 403. The number of rotatable bonds is 3. The third-order valence-corrected chi connectivity index (χ3v) is 2.71. The van der Waals surface area contributed by atoms with Gasteiger partial charge in [-0.3, -0.25) is 4.90 Å². The highest BCUT2D eigenvalue weighted by molar-refractivity contribution is 4.99. The molecule has 78 valence electrons. The minimum absolute atomic E-state index is 0.475. The molecule has 1 aliphatic heterocycles. The van der Waals surface area contributed by atoms with Crippen LogP contribution in [-0.4, -0.2) is 33.0 Å². The van der Waals surface area contributed by atoms with Crippen molar-refractivity contribution in [2.24, 2.45) is 0 Å². The van der Waals surface area contributed by atoms with Crippen LogP contribution in [0.4, 0.5) is 0 Å². The zero-order chi connectivity index (χ0) is 10.1. The minimum Gasteiger partial charge on any atom is -0.468 e. The molecule has 0 aromatic carbocycles. The van der Waals surface area contributed by atoms with Gasteiger partial charge in [0.25, 0.3) is 0 Å². The lowest BCUT2D eigenvalue weighted by molar-refractivity contribution is 0.0822. The molecule has 1 saturated heterocycles. The molecule has 3 heterocycles. The Morgan fingerprint density at radius 2 is 2.40 bits per heavy atom. The van der Waals surface area contributed by atoms with E-state index in [-0.39, 0.29) is 0 Å². The predicted octanol–water partition coefficient (Wildman–Crippen LogP) is 0.928. The minimum atomic E-state index is 0.475. The van der Waals surface area contributed by atoms with Crippen molar-refractivity contribution in [2.75, 3.05) is 13.1 Å². The van der Waals surface area contributed by atoms with Crippen molar-refractivity contribution < 1.29 is 4.42 Å². The van der Waals surface area contributed by atoms with Gasteiger partial charge in [0.1, 0.15) is 5.76 Å². The second kappa shape index (κ2) is 3.51. The average molecular weight is 204 g/mol. The highest BCUT2D eigenvalue weighted by Gasteiger charge is 2.28. The monoisotopic (exact) mass is 204 g/mol. The van der Waals surface area contributed by atoms with Gasteiger partial charge in [-0.25, -0.2) is 4.68 Å². The summed E-state index contributed by atoms with van der Waals surface area (Å²) < 4.78 is 7.20. The van der Waals surface area contributed by atoms with Gasteiger partial charge >= 0.3 is 0 Å². The summed E-state index contributed by atoms with van der Waals surface area (Å²) in [5, 5.41) is 7.79. The van der Waals surface area contributed by atoms with Crippen molar-refractivity contribution in [3.05, 3.63) is 36.5 Å². The third-order valence-electron chi connectivity index (χ3n) is 2.71. The van der Waals surface area contributed by atoms with Crippen LogP contribution in [0.25, 0.3) is 0 Å². The normalized spacial score (nSPS) is 17.9. The van der Waals surface area contributed by atoms with E-state index in [1.807, 2.05) is 23.0 Å². The standard InChI is InChI=1S/C10H12N4O/c1-2-10(15-5-1)8-13-6-9(7-13)14-4-3-11-12-14/h1-5,9H,6-8H2.